The second-order valence-electron chi connectivity index (χ2n) is 5.32. The Hall–Kier alpha value is -0.660. The highest BCUT2D eigenvalue weighted by atomic mass is 79.9. The van der Waals surface area contributed by atoms with Gasteiger partial charge in [-0.1, -0.05) is 13.8 Å². The van der Waals surface area contributed by atoms with Crippen LogP contribution in [0.25, 0.3) is 0 Å². The Kier molecular flexibility index (Phi) is 4.71. The molecule has 0 saturated carbocycles. The Bertz CT molecular complexity index is 589. The molecule has 1 unspecified atom stereocenters. The first kappa shape index (κ1) is 15.7. The van der Waals surface area contributed by atoms with E-state index in [4.69, 9.17) is 0 Å². The maximum absolute atomic E-state index is 12.9. The van der Waals surface area contributed by atoms with Gasteiger partial charge < -0.3 is 5.32 Å². The lowest BCUT2D eigenvalue weighted by Crippen LogP contribution is -2.38. The van der Waals surface area contributed by atoms with E-state index in [2.05, 4.69) is 40.1 Å². The fourth-order valence-electron chi connectivity index (χ4n) is 2.66. The second-order valence-corrected chi connectivity index (χ2v) is 8.09. The molecule has 112 valence electrons. The zero-order valence-electron chi connectivity index (χ0n) is 11.9. The van der Waals surface area contributed by atoms with Crippen molar-refractivity contribution in [2.45, 2.75) is 37.6 Å². The molecule has 2 heterocycles. The zero-order valence-corrected chi connectivity index (χ0v) is 14.3. The molecule has 1 aromatic rings. The average molecular weight is 362 g/mol. The minimum Gasteiger partial charge on any atom is -0.372 e. The van der Waals surface area contributed by atoms with Gasteiger partial charge in [0.2, 0.25) is 10.0 Å². The van der Waals surface area contributed by atoms with Crippen LogP contribution in [0.15, 0.2) is 21.6 Å². The predicted octanol–water partition coefficient (Wildman–Crippen LogP) is 2.69. The van der Waals surface area contributed by atoms with Crippen LogP contribution < -0.4 is 5.32 Å². The molecule has 0 spiro atoms. The summed E-state index contributed by atoms with van der Waals surface area (Å²) in [6.07, 6.45) is 3.43. The van der Waals surface area contributed by atoms with E-state index in [0.717, 1.165) is 12.8 Å². The molecule has 1 fully saturated rings. The molecule has 0 amide bonds. The van der Waals surface area contributed by atoms with E-state index in [1.54, 1.807) is 23.6 Å². The lowest BCUT2D eigenvalue weighted by molar-refractivity contribution is 0.316. The third kappa shape index (κ3) is 2.84. The summed E-state index contributed by atoms with van der Waals surface area (Å²) in [7, 11) is -1.84. The lowest BCUT2D eigenvalue weighted by Gasteiger charge is -2.27. The van der Waals surface area contributed by atoms with E-state index in [-0.39, 0.29) is 10.9 Å². The molecule has 0 aromatic carbocycles. The summed E-state index contributed by atoms with van der Waals surface area (Å²) in [6, 6.07) is 1.69. The molecule has 1 atom stereocenters. The van der Waals surface area contributed by atoms with Crippen molar-refractivity contribution >= 4 is 31.8 Å². The van der Waals surface area contributed by atoms with Gasteiger partial charge in [-0.15, -0.1) is 0 Å². The Balaban J connectivity index is 2.47. The predicted molar refractivity (Wildman–Crippen MR) is 83.2 cm³/mol. The Labute approximate surface area is 129 Å². The first-order chi connectivity index (χ1) is 9.37. The number of anilines is 1. The van der Waals surface area contributed by atoms with Crippen LogP contribution in [-0.4, -0.2) is 37.3 Å². The van der Waals surface area contributed by atoms with Crippen molar-refractivity contribution in [1.29, 1.82) is 0 Å². The minimum atomic E-state index is -3.52. The van der Waals surface area contributed by atoms with Crippen molar-refractivity contribution in [2.24, 2.45) is 5.92 Å². The Morgan fingerprint density at radius 3 is 2.80 bits per heavy atom. The summed E-state index contributed by atoms with van der Waals surface area (Å²) in [4.78, 5) is 4.38. The number of nitrogens with one attached hydrogen (secondary N) is 1. The lowest BCUT2D eigenvalue weighted by atomic mass is 10.0. The van der Waals surface area contributed by atoms with Gasteiger partial charge in [-0.25, -0.2) is 13.4 Å². The number of nitrogens with zero attached hydrogens (tertiary/aromatic N) is 2. The van der Waals surface area contributed by atoms with Gasteiger partial charge in [0.1, 0.15) is 10.7 Å². The highest BCUT2D eigenvalue weighted by Gasteiger charge is 2.38. The van der Waals surface area contributed by atoms with Crippen LogP contribution in [0.3, 0.4) is 0 Å². The highest BCUT2D eigenvalue weighted by molar-refractivity contribution is 9.10. The molecule has 1 aliphatic heterocycles. The first-order valence-corrected chi connectivity index (χ1v) is 8.96. The van der Waals surface area contributed by atoms with E-state index >= 15 is 0 Å². The normalized spacial score (nSPS) is 20.6. The second kappa shape index (κ2) is 5.99. The number of rotatable bonds is 4. The monoisotopic (exact) mass is 361 g/mol. The third-order valence-corrected chi connectivity index (χ3v) is 6.03. The third-order valence-electron chi connectivity index (χ3n) is 3.66. The van der Waals surface area contributed by atoms with Gasteiger partial charge in [0.05, 0.1) is 0 Å². The molecular weight excluding hydrogens is 342 g/mol. The molecule has 2 rings (SSSR count). The van der Waals surface area contributed by atoms with Gasteiger partial charge in [-0.2, -0.15) is 4.31 Å². The molecule has 1 saturated heterocycles. The molecule has 0 radical (unpaired) electrons. The maximum Gasteiger partial charge on any atom is 0.247 e. The molecule has 0 aliphatic carbocycles. The van der Waals surface area contributed by atoms with E-state index < -0.39 is 10.0 Å². The van der Waals surface area contributed by atoms with Crippen LogP contribution in [0.1, 0.15) is 26.7 Å². The molecular formula is C13H20BrN3O2S. The largest absolute Gasteiger partial charge is 0.372 e. The summed E-state index contributed by atoms with van der Waals surface area (Å²) in [5, 5.41) is 2.86. The van der Waals surface area contributed by atoms with E-state index in [1.165, 1.54) is 0 Å². The fourth-order valence-corrected chi connectivity index (χ4v) is 5.15. The molecule has 20 heavy (non-hydrogen) atoms. The van der Waals surface area contributed by atoms with Gasteiger partial charge in [0.25, 0.3) is 0 Å². The van der Waals surface area contributed by atoms with Crippen LogP contribution >= 0.6 is 15.9 Å². The van der Waals surface area contributed by atoms with Crippen LogP contribution in [0.4, 0.5) is 5.82 Å². The first-order valence-electron chi connectivity index (χ1n) is 6.73. The van der Waals surface area contributed by atoms with Gasteiger partial charge in [-0.05, 0) is 40.8 Å². The summed E-state index contributed by atoms with van der Waals surface area (Å²) in [5.74, 6) is 0.702. The minimum absolute atomic E-state index is 0.0729. The van der Waals surface area contributed by atoms with Crippen molar-refractivity contribution in [3.05, 3.63) is 16.7 Å². The smallest absolute Gasteiger partial charge is 0.247 e. The standard InChI is InChI=1S/C13H20BrN3O2S/c1-9(2)11-5-4-6-17(11)20(18,19)12-7-10(14)8-16-13(12)15-3/h7-9,11H,4-6H2,1-3H3,(H,15,16). The number of hydrogen-bond donors (Lipinski definition) is 1. The Morgan fingerprint density at radius 1 is 1.50 bits per heavy atom. The summed E-state index contributed by atoms with van der Waals surface area (Å²) in [6.45, 7) is 4.72. The molecule has 0 bridgehead atoms. The van der Waals surface area contributed by atoms with Crippen molar-refractivity contribution in [3.63, 3.8) is 0 Å². The number of halogens is 1. The number of aromatic nitrogens is 1. The molecule has 1 aliphatic rings. The molecule has 1 aromatic heterocycles. The zero-order chi connectivity index (χ0) is 14.9. The SMILES string of the molecule is CNc1ncc(Br)cc1S(=O)(=O)N1CCCC1C(C)C. The topological polar surface area (TPSA) is 62.3 Å². The number of pyridine rings is 1. The quantitative estimate of drug-likeness (QED) is 0.895. The summed E-state index contributed by atoms with van der Waals surface area (Å²) < 4.78 is 28.1. The highest BCUT2D eigenvalue weighted by Crippen LogP contribution is 2.33. The van der Waals surface area contributed by atoms with Gasteiger partial charge in [0, 0.05) is 30.3 Å². The van der Waals surface area contributed by atoms with E-state index in [0.29, 0.717) is 22.8 Å². The van der Waals surface area contributed by atoms with Crippen LogP contribution in [-0.2, 0) is 10.0 Å². The molecule has 1 N–H and O–H groups in total. The van der Waals surface area contributed by atoms with Crippen LogP contribution in [0, 0.1) is 5.92 Å². The molecule has 7 heteroatoms. The average Bonchev–Trinajstić information content (AvgIpc) is 2.88. The summed E-state index contributed by atoms with van der Waals surface area (Å²) >= 11 is 3.30. The van der Waals surface area contributed by atoms with Crippen LogP contribution in [0.5, 0.6) is 0 Å². The van der Waals surface area contributed by atoms with Crippen molar-refractivity contribution in [3.8, 4) is 0 Å². The molecule has 5 nitrogen and oxygen atoms in total. The van der Waals surface area contributed by atoms with Gasteiger partial charge in [-0.3, -0.25) is 0 Å². The number of hydrogen-bond acceptors (Lipinski definition) is 4. The Morgan fingerprint density at radius 2 is 2.20 bits per heavy atom. The number of sulfonamides is 1. The van der Waals surface area contributed by atoms with E-state index in [1.807, 2.05) is 0 Å². The van der Waals surface area contributed by atoms with Crippen molar-refractivity contribution in [1.82, 2.24) is 9.29 Å². The van der Waals surface area contributed by atoms with Gasteiger partial charge in [0.15, 0.2) is 0 Å². The van der Waals surface area contributed by atoms with E-state index in [9.17, 15) is 8.42 Å². The van der Waals surface area contributed by atoms with Gasteiger partial charge >= 0.3 is 0 Å². The fraction of sp³-hybridized carbons (Fsp3) is 0.615. The van der Waals surface area contributed by atoms with Crippen LogP contribution in [0.2, 0.25) is 0 Å². The van der Waals surface area contributed by atoms with Crippen molar-refractivity contribution < 1.29 is 8.42 Å². The maximum atomic E-state index is 12.9. The van der Waals surface area contributed by atoms with Crippen molar-refractivity contribution in [2.75, 3.05) is 18.9 Å². The summed E-state index contributed by atoms with van der Waals surface area (Å²) in [5.41, 5.74) is 0.